The van der Waals surface area contributed by atoms with Crippen LogP contribution in [0.15, 0.2) is 30.5 Å². The summed E-state index contributed by atoms with van der Waals surface area (Å²) in [6.45, 7) is 6.01. The molecule has 4 heterocycles. The van der Waals surface area contributed by atoms with Crippen molar-refractivity contribution in [3.05, 3.63) is 41.6 Å². The topological polar surface area (TPSA) is 117 Å². The van der Waals surface area contributed by atoms with Crippen LogP contribution in [0, 0.1) is 0 Å². The van der Waals surface area contributed by atoms with E-state index in [9.17, 15) is 31.5 Å². The second kappa shape index (κ2) is 11.8. The number of nitrogens with zero attached hydrogens (tertiary/aromatic N) is 7. The second-order valence-electron chi connectivity index (χ2n) is 10.7. The Labute approximate surface area is 236 Å². The SMILES string of the molecule is CS(=O)(=O)Nc1ccn(C(=O)N2CCN(Cc3ccc(C(F)(F)F)cc3N3CCN(C(O)N4CCC4)CC3)CC2)n1. The zero-order valence-corrected chi connectivity index (χ0v) is 23.6. The summed E-state index contributed by atoms with van der Waals surface area (Å²) in [6, 6.07) is 4.88. The van der Waals surface area contributed by atoms with E-state index >= 15 is 0 Å². The van der Waals surface area contributed by atoms with Gasteiger partial charge in [-0.1, -0.05) is 6.07 Å². The van der Waals surface area contributed by atoms with E-state index in [0.717, 1.165) is 42.1 Å². The lowest BCUT2D eigenvalue weighted by molar-refractivity contribution is -0.137. The van der Waals surface area contributed by atoms with Crippen LogP contribution >= 0.6 is 0 Å². The number of halogens is 3. The van der Waals surface area contributed by atoms with Gasteiger partial charge in [-0.25, -0.2) is 13.2 Å². The van der Waals surface area contributed by atoms with Crippen LogP contribution in [-0.4, -0.2) is 127 Å². The van der Waals surface area contributed by atoms with Crippen molar-refractivity contribution in [2.75, 3.05) is 81.3 Å². The van der Waals surface area contributed by atoms with Gasteiger partial charge in [-0.05, 0) is 24.1 Å². The van der Waals surface area contributed by atoms with Gasteiger partial charge in [0.1, 0.15) is 0 Å². The molecule has 3 aliphatic heterocycles. The second-order valence-corrected chi connectivity index (χ2v) is 12.4. The van der Waals surface area contributed by atoms with E-state index in [-0.39, 0.29) is 11.8 Å². The summed E-state index contributed by atoms with van der Waals surface area (Å²) < 4.78 is 67.0. The van der Waals surface area contributed by atoms with Crippen LogP contribution in [0.5, 0.6) is 0 Å². The number of aliphatic hydroxyl groups excluding tert-OH is 1. The molecule has 0 aliphatic carbocycles. The van der Waals surface area contributed by atoms with E-state index in [1.54, 1.807) is 4.90 Å². The number of rotatable bonds is 7. The highest BCUT2D eigenvalue weighted by Gasteiger charge is 2.34. The summed E-state index contributed by atoms with van der Waals surface area (Å²) in [5.74, 6) is 0.0465. The predicted octanol–water partition coefficient (Wildman–Crippen LogP) is 1.16. The summed E-state index contributed by atoms with van der Waals surface area (Å²) in [4.78, 5) is 22.5. The van der Waals surface area contributed by atoms with Crippen LogP contribution in [0.4, 0.5) is 29.5 Å². The van der Waals surface area contributed by atoms with Crippen molar-refractivity contribution < 1.29 is 31.5 Å². The van der Waals surface area contributed by atoms with Crippen molar-refractivity contribution in [1.29, 1.82) is 0 Å². The van der Waals surface area contributed by atoms with Crippen LogP contribution in [0.3, 0.4) is 0 Å². The molecule has 1 aromatic heterocycles. The number of likely N-dealkylation sites (tertiary alicyclic amines) is 1. The number of aromatic nitrogens is 2. The molecule has 0 radical (unpaired) electrons. The van der Waals surface area contributed by atoms with E-state index in [0.29, 0.717) is 64.6 Å². The number of benzene rings is 1. The van der Waals surface area contributed by atoms with Gasteiger partial charge in [0.15, 0.2) is 12.2 Å². The molecule has 16 heteroatoms. The highest BCUT2D eigenvalue weighted by atomic mass is 32.2. The van der Waals surface area contributed by atoms with E-state index in [4.69, 9.17) is 0 Å². The number of carbonyl (C=O) groups excluding carboxylic acids is 1. The molecule has 1 aromatic carbocycles. The number of hydrogen-bond acceptors (Lipinski definition) is 9. The van der Waals surface area contributed by atoms with Gasteiger partial charge < -0.3 is 14.9 Å². The summed E-state index contributed by atoms with van der Waals surface area (Å²) in [5, 5.41) is 14.6. The molecule has 3 aliphatic rings. The number of anilines is 2. The maximum absolute atomic E-state index is 13.6. The summed E-state index contributed by atoms with van der Waals surface area (Å²) in [6.07, 6.45) is -1.68. The number of alkyl halides is 3. The molecule has 1 unspecified atom stereocenters. The third kappa shape index (κ3) is 7.12. The molecule has 41 heavy (non-hydrogen) atoms. The number of carbonyl (C=O) groups is 1. The van der Waals surface area contributed by atoms with Crippen molar-refractivity contribution in [3.8, 4) is 0 Å². The molecular weight excluding hydrogens is 565 g/mol. The van der Waals surface area contributed by atoms with Crippen molar-refractivity contribution in [1.82, 2.24) is 29.4 Å². The minimum absolute atomic E-state index is 0.0465. The standard InChI is InChI=1S/C25H35F3N8O4S/c1-41(39,40)30-22-5-8-36(29-22)24(38)35-11-9-31(10-12-35)18-19-3-4-20(25(26,27)28)17-21(19)32-13-15-34(16-14-32)23(37)33-6-2-7-33/h3-5,8,17,23,37H,2,6-7,9-16,18H2,1H3,(H,29,30). The van der Waals surface area contributed by atoms with Gasteiger partial charge in [0.05, 0.1) is 11.8 Å². The van der Waals surface area contributed by atoms with Crippen LogP contribution in [0.2, 0.25) is 0 Å². The Morgan fingerprint density at radius 3 is 2.24 bits per heavy atom. The fourth-order valence-electron chi connectivity index (χ4n) is 5.32. The highest BCUT2D eigenvalue weighted by Crippen LogP contribution is 2.34. The number of hydrogen-bond donors (Lipinski definition) is 2. The minimum Gasteiger partial charge on any atom is -0.369 e. The van der Waals surface area contributed by atoms with Gasteiger partial charge in [-0.3, -0.25) is 19.4 Å². The fraction of sp³-hybridized carbons (Fsp3) is 0.600. The van der Waals surface area contributed by atoms with Crippen molar-refractivity contribution in [3.63, 3.8) is 0 Å². The van der Waals surface area contributed by atoms with E-state index in [1.807, 2.05) is 14.7 Å². The molecule has 5 rings (SSSR count). The van der Waals surface area contributed by atoms with Crippen LogP contribution in [0.1, 0.15) is 17.5 Å². The Kier molecular flexibility index (Phi) is 8.48. The lowest BCUT2D eigenvalue weighted by Gasteiger charge is -2.45. The van der Waals surface area contributed by atoms with Gasteiger partial charge in [-0.2, -0.15) is 17.9 Å². The normalized spacial score (nSPS) is 20.6. The fourth-order valence-corrected chi connectivity index (χ4v) is 5.81. The smallest absolute Gasteiger partial charge is 0.369 e. The number of sulfonamides is 1. The lowest BCUT2D eigenvalue weighted by Crippen LogP contribution is -2.59. The van der Waals surface area contributed by atoms with E-state index in [1.165, 1.54) is 24.4 Å². The van der Waals surface area contributed by atoms with E-state index < -0.39 is 28.1 Å². The Morgan fingerprint density at radius 2 is 1.66 bits per heavy atom. The third-order valence-electron chi connectivity index (χ3n) is 7.72. The lowest BCUT2D eigenvalue weighted by atomic mass is 10.1. The first-order valence-electron chi connectivity index (χ1n) is 13.5. The Hall–Kier alpha value is -2.92. The van der Waals surface area contributed by atoms with Crippen LogP contribution in [0.25, 0.3) is 0 Å². The van der Waals surface area contributed by atoms with Gasteiger partial charge in [0.2, 0.25) is 10.0 Å². The van der Waals surface area contributed by atoms with Crippen molar-refractivity contribution in [2.24, 2.45) is 0 Å². The number of amides is 1. The molecule has 3 fully saturated rings. The third-order valence-corrected chi connectivity index (χ3v) is 8.30. The quantitative estimate of drug-likeness (QED) is 0.483. The molecule has 1 atom stereocenters. The van der Waals surface area contributed by atoms with E-state index in [2.05, 4.69) is 14.7 Å². The van der Waals surface area contributed by atoms with Gasteiger partial charge in [-0.15, -0.1) is 5.10 Å². The average Bonchev–Trinajstić information content (AvgIpc) is 3.34. The summed E-state index contributed by atoms with van der Waals surface area (Å²) >= 11 is 0. The molecule has 1 amide bonds. The van der Waals surface area contributed by atoms with Crippen molar-refractivity contribution >= 4 is 27.6 Å². The van der Waals surface area contributed by atoms with Gasteiger partial charge in [0, 0.05) is 89.9 Å². The molecule has 3 saturated heterocycles. The first-order chi connectivity index (χ1) is 19.4. The molecule has 0 saturated carbocycles. The first kappa shape index (κ1) is 29.6. The minimum atomic E-state index is -4.46. The number of piperazine rings is 2. The predicted molar refractivity (Wildman–Crippen MR) is 146 cm³/mol. The number of aliphatic hydroxyl groups is 1. The average molecular weight is 601 g/mol. The Bertz CT molecular complexity index is 1330. The van der Waals surface area contributed by atoms with Gasteiger partial charge >= 0.3 is 12.2 Å². The molecule has 226 valence electrons. The molecule has 2 aromatic rings. The Balaban J connectivity index is 1.22. The largest absolute Gasteiger partial charge is 0.416 e. The van der Waals surface area contributed by atoms with Gasteiger partial charge in [0.25, 0.3) is 0 Å². The highest BCUT2D eigenvalue weighted by molar-refractivity contribution is 7.92. The van der Waals surface area contributed by atoms with Crippen LogP contribution < -0.4 is 9.62 Å². The Morgan fingerprint density at radius 1 is 1.00 bits per heavy atom. The summed E-state index contributed by atoms with van der Waals surface area (Å²) in [7, 11) is -3.52. The molecule has 0 bridgehead atoms. The van der Waals surface area contributed by atoms with Crippen molar-refractivity contribution in [2.45, 2.75) is 25.5 Å². The first-order valence-corrected chi connectivity index (χ1v) is 15.4. The molecule has 0 spiro atoms. The van der Waals surface area contributed by atoms with Crippen LogP contribution in [-0.2, 0) is 22.7 Å². The zero-order valence-electron chi connectivity index (χ0n) is 22.8. The zero-order chi connectivity index (χ0) is 29.4. The molecule has 2 N–H and O–H groups in total. The molecular formula is C25H35F3N8O4S. The maximum Gasteiger partial charge on any atom is 0.416 e. The number of nitrogens with one attached hydrogen (secondary N) is 1. The molecule has 12 nitrogen and oxygen atoms in total. The summed E-state index contributed by atoms with van der Waals surface area (Å²) in [5.41, 5.74) is 0.621. The maximum atomic E-state index is 13.6. The monoisotopic (exact) mass is 600 g/mol.